The predicted molar refractivity (Wildman–Crippen MR) is 139 cm³/mol. The van der Waals surface area contributed by atoms with Crippen LogP contribution in [0.3, 0.4) is 0 Å². The number of fused-ring (bicyclic) bond motifs is 1. The summed E-state index contributed by atoms with van der Waals surface area (Å²) in [7, 11) is 0. The summed E-state index contributed by atoms with van der Waals surface area (Å²) in [5.41, 5.74) is 1.81. The maximum absolute atomic E-state index is 13.6. The van der Waals surface area contributed by atoms with Crippen molar-refractivity contribution >= 4 is 17.5 Å². The molecule has 2 saturated heterocycles. The molecule has 0 aromatic heterocycles. The zero-order chi connectivity index (χ0) is 24.0. The number of allylic oxidation sites excluding steroid dienone is 1. The number of anilines is 1. The minimum Gasteiger partial charge on any atom is -0.366 e. The van der Waals surface area contributed by atoms with Gasteiger partial charge < -0.3 is 15.5 Å². The quantitative estimate of drug-likeness (QED) is 0.589. The molecule has 0 spiro atoms. The summed E-state index contributed by atoms with van der Waals surface area (Å²) in [4.78, 5) is 33.1. The molecule has 2 fully saturated rings. The Balaban J connectivity index is 1.15. The van der Waals surface area contributed by atoms with Gasteiger partial charge in [-0.3, -0.25) is 19.4 Å². The number of nitrogens with one attached hydrogen (secondary N) is 2. The van der Waals surface area contributed by atoms with Crippen LogP contribution >= 0.6 is 0 Å². The Morgan fingerprint density at radius 1 is 0.971 bits per heavy atom. The third kappa shape index (κ3) is 5.78. The fraction of sp³-hybridized carbons (Fsp3) is 0.571. The van der Waals surface area contributed by atoms with E-state index >= 15 is 0 Å². The summed E-state index contributed by atoms with van der Waals surface area (Å²) in [5.74, 6) is 1.27. The highest BCUT2D eigenvalue weighted by Gasteiger charge is 2.32. The zero-order valence-electron chi connectivity index (χ0n) is 20.8. The van der Waals surface area contributed by atoms with Gasteiger partial charge in [-0.1, -0.05) is 37.5 Å². The molecule has 1 aromatic rings. The van der Waals surface area contributed by atoms with Crippen LogP contribution in [0.4, 0.5) is 5.69 Å². The molecular formula is C28H39N5O2. The molecule has 0 saturated carbocycles. The number of dihydropyridines is 1. The van der Waals surface area contributed by atoms with Crippen molar-refractivity contribution < 1.29 is 9.59 Å². The smallest absolute Gasteiger partial charge is 0.257 e. The minimum atomic E-state index is -0.183. The predicted octanol–water partition coefficient (Wildman–Crippen LogP) is 3.46. The van der Waals surface area contributed by atoms with E-state index in [-0.39, 0.29) is 11.8 Å². The van der Waals surface area contributed by atoms with E-state index in [4.69, 9.17) is 0 Å². The van der Waals surface area contributed by atoms with Crippen molar-refractivity contribution in [3.63, 3.8) is 0 Å². The van der Waals surface area contributed by atoms with Gasteiger partial charge in [0.25, 0.3) is 5.91 Å². The van der Waals surface area contributed by atoms with E-state index < -0.39 is 0 Å². The Kier molecular flexibility index (Phi) is 7.84. The minimum absolute atomic E-state index is 0.00392. The molecular weight excluding hydrogens is 438 g/mol. The molecule has 188 valence electrons. The lowest BCUT2D eigenvalue weighted by Gasteiger charge is -2.34. The summed E-state index contributed by atoms with van der Waals surface area (Å²) >= 11 is 0. The van der Waals surface area contributed by atoms with Gasteiger partial charge in [0, 0.05) is 6.54 Å². The van der Waals surface area contributed by atoms with Crippen LogP contribution in [0.1, 0.15) is 61.7 Å². The molecule has 2 N–H and O–H groups in total. The first-order valence-corrected chi connectivity index (χ1v) is 13.5. The van der Waals surface area contributed by atoms with Crippen molar-refractivity contribution in [1.29, 1.82) is 0 Å². The molecule has 0 bridgehead atoms. The Bertz CT molecular complexity index is 973. The summed E-state index contributed by atoms with van der Waals surface area (Å²) in [6, 6.07) is 7.36. The highest BCUT2D eigenvalue weighted by molar-refractivity contribution is 6.08. The molecule has 2 amide bonds. The third-order valence-corrected chi connectivity index (χ3v) is 7.89. The standard InChI is InChI=1S/C28H39N5O2/c34-26(21-32-19-13-22(14-20-32)9-4-7-18-31-16-5-1-6-17-31)33-25-12-3-2-10-23(25)28(35)30-24-11-8-15-29-27(24)33/h2-3,8,10-12,22,29H,1,4-7,9,13-21H2,(H,30,35). The Morgan fingerprint density at radius 2 is 1.77 bits per heavy atom. The second kappa shape index (κ2) is 11.4. The molecule has 0 atom stereocenters. The zero-order valence-corrected chi connectivity index (χ0v) is 20.8. The number of unbranched alkanes of at least 4 members (excludes halogenated alkanes) is 1. The molecule has 7 nitrogen and oxygen atoms in total. The van der Waals surface area contributed by atoms with Gasteiger partial charge in [-0.25, -0.2) is 0 Å². The Morgan fingerprint density at radius 3 is 2.60 bits per heavy atom. The van der Waals surface area contributed by atoms with E-state index in [0.29, 0.717) is 35.9 Å². The van der Waals surface area contributed by atoms with Crippen molar-refractivity contribution in [2.75, 3.05) is 50.7 Å². The lowest BCUT2D eigenvalue weighted by Crippen LogP contribution is -2.46. The van der Waals surface area contributed by atoms with Crippen molar-refractivity contribution in [1.82, 2.24) is 20.4 Å². The van der Waals surface area contributed by atoms with E-state index in [2.05, 4.69) is 20.4 Å². The number of carbonyl (C=O) groups is 2. The number of hydrogen-bond donors (Lipinski definition) is 2. The summed E-state index contributed by atoms with van der Waals surface area (Å²) in [6.45, 7) is 6.78. The number of likely N-dealkylation sites (tertiary alicyclic amines) is 2. The summed E-state index contributed by atoms with van der Waals surface area (Å²) in [5, 5.41) is 6.27. The largest absolute Gasteiger partial charge is 0.366 e. The van der Waals surface area contributed by atoms with Crippen LogP contribution in [0.5, 0.6) is 0 Å². The van der Waals surface area contributed by atoms with E-state index in [1.807, 2.05) is 30.4 Å². The number of rotatable bonds is 7. The molecule has 1 aromatic carbocycles. The van der Waals surface area contributed by atoms with Crippen molar-refractivity contribution in [2.24, 2.45) is 5.92 Å². The average molecular weight is 478 g/mol. The second-order valence-corrected chi connectivity index (χ2v) is 10.4. The van der Waals surface area contributed by atoms with Gasteiger partial charge in [-0.15, -0.1) is 0 Å². The summed E-state index contributed by atoms with van der Waals surface area (Å²) in [6.07, 6.45) is 14.3. The average Bonchev–Trinajstić information content (AvgIpc) is 3.02. The number of hydrogen-bond acceptors (Lipinski definition) is 5. The van der Waals surface area contributed by atoms with E-state index in [9.17, 15) is 9.59 Å². The van der Waals surface area contributed by atoms with Crippen LogP contribution in [0.15, 0.2) is 47.9 Å². The third-order valence-electron chi connectivity index (χ3n) is 7.89. The number of para-hydroxylation sites is 1. The van der Waals surface area contributed by atoms with Crippen LogP contribution in [0.25, 0.3) is 0 Å². The number of amides is 2. The highest BCUT2D eigenvalue weighted by atomic mass is 16.2. The second-order valence-electron chi connectivity index (χ2n) is 10.4. The molecule has 5 rings (SSSR count). The van der Waals surface area contributed by atoms with Crippen LogP contribution in [-0.4, -0.2) is 67.4 Å². The van der Waals surface area contributed by atoms with Gasteiger partial charge >= 0.3 is 0 Å². The van der Waals surface area contributed by atoms with Crippen molar-refractivity contribution in [2.45, 2.75) is 51.4 Å². The molecule has 4 aliphatic heterocycles. The number of benzene rings is 1. The molecule has 7 heteroatoms. The topological polar surface area (TPSA) is 67.9 Å². The number of piperidine rings is 2. The van der Waals surface area contributed by atoms with Crippen LogP contribution < -0.4 is 15.5 Å². The van der Waals surface area contributed by atoms with E-state index in [0.717, 1.165) is 19.0 Å². The Labute approximate surface area is 209 Å². The first-order chi connectivity index (χ1) is 17.2. The van der Waals surface area contributed by atoms with Crippen molar-refractivity contribution in [3.8, 4) is 0 Å². The highest BCUT2D eigenvalue weighted by Crippen LogP contribution is 2.30. The van der Waals surface area contributed by atoms with Gasteiger partial charge in [-0.2, -0.15) is 0 Å². The number of nitrogens with zero attached hydrogens (tertiary/aromatic N) is 3. The molecule has 0 aliphatic carbocycles. The van der Waals surface area contributed by atoms with Crippen LogP contribution in [0, 0.1) is 5.92 Å². The van der Waals surface area contributed by atoms with Crippen molar-refractivity contribution in [3.05, 3.63) is 53.5 Å². The van der Waals surface area contributed by atoms with Gasteiger partial charge in [0.15, 0.2) is 0 Å². The first kappa shape index (κ1) is 24.1. The van der Waals surface area contributed by atoms with Crippen LogP contribution in [0.2, 0.25) is 0 Å². The SMILES string of the molecule is O=C1NC2=C(NCC=C2)N(C(=O)CN2CCC(CCCCN3CCCCC3)CC2)c2ccccc21. The molecule has 4 aliphatic rings. The fourth-order valence-electron chi connectivity index (χ4n) is 5.88. The van der Waals surface area contributed by atoms with Gasteiger partial charge in [-0.05, 0) is 89.0 Å². The molecule has 0 radical (unpaired) electrons. The van der Waals surface area contributed by atoms with E-state index in [1.165, 1.54) is 71.0 Å². The fourth-order valence-corrected chi connectivity index (χ4v) is 5.88. The van der Waals surface area contributed by atoms with Gasteiger partial charge in [0.1, 0.15) is 5.82 Å². The summed E-state index contributed by atoms with van der Waals surface area (Å²) < 4.78 is 0. The van der Waals surface area contributed by atoms with Gasteiger partial charge in [0.2, 0.25) is 5.91 Å². The number of carbonyl (C=O) groups excluding carboxylic acids is 2. The monoisotopic (exact) mass is 477 g/mol. The lowest BCUT2D eigenvalue weighted by molar-refractivity contribution is -0.119. The first-order valence-electron chi connectivity index (χ1n) is 13.5. The maximum atomic E-state index is 13.6. The lowest BCUT2D eigenvalue weighted by atomic mass is 9.91. The van der Waals surface area contributed by atoms with Crippen LogP contribution in [-0.2, 0) is 4.79 Å². The maximum Gasteiger partial charge on any atom is 0.257 e. The molecule has 35 heavy (non-hydrogen) atoms. The Hall–Kier alpha value is -2.64. The molecule has 4 heterocycles. The normalized spacial score (nSPS) is 21.7. The van der Waals surface area contributed by atoms with Gasteiger partial charge in [0.05, 0.1) is 23.5 Å². The van der Waals surface area contributed by atoms with E-state index in [1.54, 1.807) is 11.0 Å². The molecule has 0 unspecified atom stereocenters.